The molecule has 7 heteroatoms. The summed E-state index contributed by atoms with van der Waals surface area (Å²) in [6, 6.07) is 16.4. The molecule has 2 aromatic carbocycles. The summed E-state index contributed by atoms with van der Waals surface area (Å²) in [5.41, 5.74) is 2.40. The van der Waals surface area contributed by atoms with Crippen molar-refractivity contribution < 1.29 is 14.3 Å². The van der Waals surface area contributed by atoms with Crippen molar-refractivity contribution >= 4 is 34.5 Å². The highest BCUT2D eigenvalue weighted by atomic mass is 16.5. The van der Waals surface area contributed by atoms with Crippen molar-refractivity contribution in [1.82, 2.24) is 9.55 Å². The van der Waals surface area contributed by atoms with E-state index in [2.05, 4.69) is 10.3 Å². The van der Waals surface area contributed by atoms with Crippen LogP contribution in [0, 0.1) is 0 Å². The van der Waals surface area contributed by atoms with E-state index in [9.17, 15) is 9.59 Å². The second-order valence-electron chi connectivity index (χ2n) is 7.49. The molecule has 1 N–H and O–H groups in total. The number of hydrogen-bond donors (Lipinski definition) is 1. The summed E-state index contributed by atoms with van der Waals surface area (Å²) in [6.07, 6.45) is 2.02. The van der Waals surface area contributed by atoms with Crippen LogP contribution in [0.15, 0.2) is 54.6 Å². The van der Waals surface area contributed by atoms with Gasteiger partial charge in [-0.2, -0.15) is 0 Å². The molecule has 0 radical (unpaired) electrons. The Hall–Kier alpha value is -3.19. The lowest BCUT2D eigenvalue weighted by Gasteiger charge is -2.19. The Morgan fingerprint density at radius 2 is 1.93 bits per heavy atom. The van der Waals surface area contributed by atoms with Crippen LogP contribution in [0.4, 0.5) is 11.6 Å². The molecular weight excluding hydrogens is 368 g/mol. The van der Waals surface area contributed by atoms with Gasteiger partial charge in [-0.25, -0.2) is 4.98 Å². The van der Waals surface area contributed by atoms with Crippen LogP contribution in [0.3, 0.4) is 0 Å². The molecule has 1 saturated heterocycles. The minimum absolute atomic E-state index is 0.0177. The predicted octanol–water partition coefficient (Wildman–Crippen LogP) is 3.13. The van der Waals surface area contributed by atoms with E-state index >= 15 is 0 Å². The van der Waals surface area contributed by atoms with Crippen LogP contribution in [0.2, 0.25) is 0 Å². The Morgan fingerprint density at radius 3 is 2.72 bits per heavy atom. The van der Waals surface area contributed by atoms with Gasteiger partial charge in [0.2, 0.25) is 11.9 Å². The highest BCUT2D eigenvalue weighted by Crippen LogP contribution is 2.37. The minimum atomic E-state index is -0.609. The first-order valence-corrected chi connectivity index (χ1v) is 9.95. The number of carbonyl (C=O) groups excluding carboxylic acids is 2. The Labute approximate surface area is 168 Å². The van der Waals surface area contributed by atoms with E-state index in [0.717, 1.165) is 36.2 Å². The van der Waals surface area contributed by atoms with E-state index in [4.69, 9.17) is 4.74 Å². The number of fused-ring (bicyclic) bond motifs is 3. The molecule has 0 aliphatic carbocycles. The number of aromatic nitrogens is 2. The summed E-state index contributed by atoms with van der Waals surface area (Å²) in [5.74, 6) is 0.304. The van der Waals surface area contributed by atoms with Crippen molar-refractivity contribution in [2.75, 3.05) is 23.4 Å². The van der Waals surface area contributed by atoms with Crippen LogP contribution in [0.25, 0.3) is 11.0 Å². The van der Waals surface area contributed by atoms with Gasteiger partial charge in [0.1, 0.15) is 6.04 Å². The van der Waals surface area contributed by atoms with Crippen LogP contribution in [-0.4, -0.2) is 40.6 Å². The summed E-state index contributed by atoms with van der Waals surface area (Å²) >= 11 is 0. The van der Waals surface area contributed by atoms with E-state index < -0.39 is 6.04 Å². The molecule has 2 aliphatic heterocycles. The summed E-state index contributed by atoms with van der Waals surface area (Å²) in [6.45, 7) is 1.20. The number of carbonyl (C=O) groups is 2. The van der Waals surface area contributed by atoms with Crippen LogP contribution >= 0.6 is 0 Å². The van der Waals surface area contributed by atoms with E-state index in [-0.39, 0.29) is 24.3 Å². The summed E-state index contributed by atoms with van der Waals surface area (Å²) in [5, 5.41) is 2.88. The molecule has 0 bridgehead atoms. The Morgan fingerprint density at radius 1 is 1.14 bits per heavy atom. The number of rotatable bonds is 5. The standard InChI is InChI=1S/C22H22N4O3/c27-20(23-15-7-2-1-3-8-15)13-19-21(28)25(14-16-9-6-12-29-16)22-24-17-10-4-5-11-18(17)26(19)22/h1-5,7-8,10-11,16,19H,6,9,12-14H2,(H,23,27)/t16-,19-/m0/s1. The Kier molecular flexibility index (Phi) is 4.52. The summed E-state index contributed by atoms with van der Waals surface area (Å²) < 4.78 is 7.64. The lowest BCUT2D eigenvalue weighted by molar-refractivity contribution is -0.124. The fourth-order valence-electron chi connectivity index (χ4n) is 4.17. The van der Waals surface area contributed by atoms with Crippen molar-refractivity contribution in [3.05, 3.63) is 54.6 Å². The summed E-state index contributed by atoms with van der Waals surface area (Å²) in [4.78, 5) is 32.3. The van der Waals surface area contributed by atoms with Crippen LogP contribution in [-0.2, 0) is 14.3 Å². The largest absolute Gasteiger partial charge is 0.376 e. The minimum Gasteiger partial charge on any atom is -0.376 e. The topological polar surface area (TPSA) is 76.5 Å². The molecule has 1 fully saturated rings. The first-order chi connectivity index (χ1) is 14.2. The number of nitrogens with one attached hydrogen (secondary N) is 1. The number of ether oxygens (including phenoxy) is 1. The third-order valence-electron chi connectivity index (χ3n) is 5.53. The van der Waals surface area contributed by atoms with Gasteiger partial charge < -0.3 is 10.1 Å². The molecule has 2 amide bonds. The molecule has 5 rings (SSSR count). The number of hydrogen-bond acceptors (Lipinski definition) is 4. The molecule has 0 spiro atoms. The van der Waals surface area contributed by atoms with Crippen LogP contribution in [0.5, 0.6) is 0 Å². The third kappa shape index (κ3) is 3.27. The number of imidazole rings is 1. The molecule has 29 heavy (non-hydrogen) atoms. The van der Waals surface area contributed by atoms with Crippen molar-refractivity contribution in [2.45, 2.75) is 31.4 Å². The van der Waals surface area contributed by atoms with Crippen molar-refractivity contribution in [3.63, 3.8) is 0 Å². The number of anilines is 2. The molecule has 2 atom stereocenters. The van der Waals surface area contributed by atoms with Gasteiger partial charge in [0.05, 0.1) is 30.1 Å². The molecule has 3 aromatic rings. The molecule has 7 nitrogen and oxygen atoms in total. The van der Waals surface area contributed by atoms with Crippen molar-refractivity contribution in [1.29, 1.82) is 0 Å². The third-order valence-corrected chi connectivity index (χ3v) is 5.53. The predicted molar refractivity (Wildman–Crippen MR) is 110 cm³/mol. The lowest BCUT2D eigenvalue weighted by Crippen LogP contribution is -2.37. The molecule has 2 aliphatic rings. The van der Waals surface area contributed by atoms with E-state index in [1.165, 1.54) is 0 Å². The monoisotopic (exact) mass is 390 g/mol. The average Bonchev–Trinajstić information content (AvgIpc) is 3.43. The van der Waals surface area contributed by atoms with Gasteiger partial charge in [0.25, 0.3) is 5.91 Å². The van der Waals surface area contributed by atoms with Crippen molar-refractivity contribution in [3.8, 4) is 0 Å². The van der Waals surface area contributed by atoms with Gasteiger partial charge in [0, 0.05) is 12.3 Å². The van der Waals surface area contributed by atoms with Gasteiger partial charge in [-0.05, 0) is 37.1 Å². The van der Waals surface area contributed by atoms with Gasteiger partial charge in [-0.3, -0.25) is 19.1 Å². The Balaban J connectivity index is 1.45. The zero-order valence-corrected chi connectivity index (χ0v) is 16.0. The van der Waals surface area contributed by atoms with E-state index in [1.54, 1.807) is 4.90 Å². The molecule has 1 aromatic heterocycles. The first-order valence-electron chi connectivity index (χ1n) is 9.95. The lowest BCUT2D eigenvalue weighted by atomic mass is 10.1. The average molecular weight is 390 g/mol. The highest BCUT2D eigenvalue weighted by Gasteiger charge is 2.42. The van der Waals surface area contributed by atoms with E-state index in [0.29, 0.717) is 12.5 Å². The zero-order chi connectivity index (χ0) is 19.8. The fraction of sp³-hybridized carbons (Fsp3) is 0.318. The molecule has 0 unspecified atom stereocenters. The fourth-order valence-corrected chi connectivity index (χ4v) is 4.17. The maximum atomic E-state index is 13.3. The van der Waals surface area contributed by atoms with Crippen LogP contribution in [0.1, 0.15) is 25.3 Å². The molecule has 3 heterocycles. The van der Waals surface area contributed by atoms with Crippen LogP contribution < -0.4 is 10.2 Å². The maximum absolute atomic E-state index is 13.3. The first kappa shape index (κ1) is 17.9. The number of para-hydroxylation sites is 3. The van der Waals surface area contributed by atoms with Crippen molar-refractivity contribution in [2.24, 2.45) is 0 Å². The second kappa shape index (κ2) is 7.33. The SMILES string of the molecule is O=C(C[C@H]1C(=O)N(C[C@@H]2CCCO2)c2nc3ccccc3n21)Nc1ccccc1. The maximum Gasteiger partial charge on any atom is 0.253 e. The second-order valence-corrected chi connectivity index (χ2v) is 7.49. The number of benzene rings is 2. The smallest absolute Gasteiger partial charge is 0.253 e. The normalized spacial score (nSPS) is 21.0. The quantitative estimate of drug-likeness (QED) is 0.726. The zero-order valence-electron chi connectivity index (χ0n) is 16.0. The summed E-state index contributed by atoms with van der Waals surface area (Å²) in [7, 11) is 0. The molecule has 148 valence electrons. The van der Waals surface area contributed by atoms with Gasteiger partial charge in [-0.15, -0.1) is 0 Å². The van der Waals surface area contributed by atoms with Gasteiger partial charge in [0.15, 0.2) is 0 Å². The Bertz CT molecular complexity index is 1060. The number of nitrogens with zero attached hydrogens (tertiary/aromatic N) is 3. The molecule has 0 saturated carbocycles. The van der Waals surface area contributed by atoms with Gasteiger partial charge >= 0.3 is 0 Å². The van der Waals surface area contributed by atoms with E-state index in [1.807, 2.05) is 59.2 Å². The van der Waals surface area contributed by atoms with Gasteiger partial charge in [-0.1, -0.05) is 30.3 Å². The number of amides is 2. The highest BCUT2D eigenvalue weighted by molar-refractivity contribution is 6.05. The molecular formula is C22H22N4O3.